The van der Waals surface area contributed by atoms with Crippen molar-refractivity contribution in [3.63, 3.8) is 0 Å². The second-order valence-electron chi connectivity index (χ2n) is 5.85. The fourth-order valence-corrected chi connectivity index (χ4v) is 2.10. The smallest absolute Gasteiger partial charge is 0.293 e. The molecule has 0 saturated heterocycles. The molecule has 1 unspecified atom stereocenters. The minimum atomic E-state index is -0.0269. The molecule has 1 saturated carbocycles. The number of hydrogen-bond acceptors (Lipinski definition) is 3. The standard InChI is InChI=1S/C13H21N3O/c1-9(2)16-6-5-14-11(12(16)17)15-8-10-7-13(10,3)4/h5-6,9-10H,7-8H2,1-4H3,(H,14,15). The van der Waals surface area contributed by atoms with Gasteiger partial charge in [0.2, 0.25) is 0 Å². The van der Waals surface area contributed by atoms with Gasteiger partial charge in [-0.2, -0.15) is 0 Å². The van der Waals surface area contributed by atoms with Gasteiger partial charge in [0, 0.05) is 25.0 Å². The van der Waals surface area contributed by atoms with E-state index >= 15 is 0 Å². The molecule has 1 N–H and O–H groups in total. The zero-order chi connectivity index (χ0) is 12.6. The van der Waals surface area contributed by atoms with Gasteiger partial charge in [0.1, 0.15) is 0 Å². The van der Waals surface area contributed by atoms with Gasteiger partial charge in [0.15, 0.2) is 5.82 Å². The average molecular weight is 235 g/mol. The quantitative estimate of drug-likeness (QED) is 0.871. The lowest BCUT2D eigenvalue weighted by Gasteiger charge is -2.12. The molecule has 0 bridgehead atoms. The van der Waals surface area contributed by atoms with E-state index in [0.29, 0.717) is 17.2 Å². The van der Waals surface area contributed by atoms with Crippen molar-refractivity contribution >= 4 is 5.82 Å². The van der Waals surface area contributed by atoms with Gasteiger partial charge in [0.25, 0.3) is 5.56 Å². The molecule has 0 spiro atoms. The highest BCUT2D eigenvalue weighted by Gasteiger charge is 2.45. The summed E-state index contributed by atoms with van der Waals surface area (Å²) in [7, 11) is 0. The van der Waals surface area contributed by atoms with Crippen LogP contribution in [0.1, 0.15) is 40.2 Å². The third-order valence-corrected chi connectivity index (χ3v) is 3.66. The summed E-state index contributed by atoms with van der Waals surface area (Å²) in [5, 5.41) is 3.18. The predicted molar refractivity (Wildman–Crippen MR) is 69.3 cm³/mol. The van der Waals surface area contributed by atoms with Gasteiger partial charge in [-0.3, -0.25) is 4.79 Å². The van der Waals surface area contributed by atoms with Gasteiger partial charge in [-0.05, 0) is 31.6 Å². The molecular weight excluding hydrogens is 214 g/mol. The Morgan fingerprint density at radius 3 is 2.76 bits per heavy atom. The minimum Gasteiger partial charge on any atom is -0.365 e. The van der Waals surface area contributed by atoms with E-state index in [-0.39, 0.29) is 11.6 Å². The number of hydrogen-bond donors (Lipinski definition) is 1. The normalized spacial score (nSPS) is 21.6. The lowest BCUT2D eigenvalue weighted by atomic mass is 10.1. The van der Waals surface area contributed by atoms with Crippen LogP contribution in [0.2, 0.25) is 0 Å². The topological polar surface area (TPSA) is 46.9 Å². The summed E-state index contributed by atoms with van der Waals surface area (Å²) < 4.78 is 1.70. The molecule has 1 aromatic rings. The summed E-state index contributed by atoms with van der Waals surface area (Å²) in [5.74, 6) is 1.14. The molecule has 1 heterocycles. The Kier molecular flexibility index (Phi) is 2.98. The molecule has 94 valence electrons. The zero-order valence-electron chi connectivity index (χ0n) is 11.0. The van der Waals surface area contributed by atoms with Gasteiger partial charge in [-0.25, -0.2) is 4.98 Å². The third-order valence-electron chi connectivity index (χ3n) is 3.66. The van der Waals surface area contributed by atoms with Crippen LogP contribution in [0.5, 0.6) is 0 Å². The third kappa shape index (κ3) is 2.51. The van der Waals surface area contributed by atoms with Gasteiger partial charge in [-0.1, -0.05) is 13.8 Å². The first-order valence-corrected chi connectivity index (χ1v) is 6.23. The Balaban J connectivity index is 2.07. The maximum absolute atomic E-state index is 12.0. The second-order valence-corrected chi connectivity index (χ2v) is 5.85. The molecule has 4 nitrogen and oxygen atoms in total. The predicted octanol–water partition coefficient (Wildman–Crippen LogP) is 2.28. The average Bonchev–Trinajstić information content (AvgIpc) is 2.84. The first-order valence-electron chi connectivity index (χ1n) is 6.23. The first-order chi connectivity index (χ1) is 7.92. The van der Waals surface area contributed by atoms with Crippen molar-refractivity contribution in [1.29, 1.82) is 0 Å². The molecule has 1 aromatic heterocycles. The van der Waals surface area contributed by atoms with Crippen molar-refractivity contribution in [2.24, 2.45) is 11.3 Å². The first kappa shape index (κ1) is 12.1. The summed E-state index contributed by atoms with van der Waals surface area (Å²) in [6.07, 6.45) is 4.65. The van der Waals surface area contributed by atoms with Crippen LogP contribution < -0.4 is 10.9 Å². The van der Waals surface area contributed by atoms with Crippen LogP contribution >= 0.6 is 0 Å². The van der Waals surface area contributed by atoms with E-state index in [4.69, 9.17) is 0 Å². The number of nitrogens with one attached hydrogen (secondary N) is 1. The van der Waals surface area contributed by atoms with Crippen LogP contribution in [0.15, 0.2) is 17.2 Å². The van der Waals surface area contributed by atoms with Crippen LogP contribution in [0, 0.1) is 11.3 Å². The Morgan fingerprint density at radius 1 is 1.59 bits per heavy atom. The van der Waals surface area contributed by atoms with E-state index in [1.165, 1.54) is 6.42 Å². The Hall–Kier alpha value is -1.32. The van der Waals surface area contributed by atoms with E-state index in [0.717, 1.165) is 6.54 Å². The van der Waals surface area contributed by atoms with E-state index in [9.17, 15) is 4.79 Å². The summed E-state index contributed by atoms with van der Waals surface area (Å²) in [5.41, 5.74) is 0.403. The summed E-state index contributed by atoms with van der Waals surface area (Å²) in [6, 6.07) is 0.170. The van der Waals surface area contributed by atoms with E-state index in [1.54, 1.807) is 17.0 Å². The second kappa shape index (κ2) is 4.17. The molecule has 0 amide bonds. The number of rotatable bonds is 4. The Morgan fingerprint density at radius 2 is 2.24 bits per heavy atom. The maximum Gasteiger partial charge on any atom is 0.293 e. The van der Waals surface area contributed by atoms with E-state index < -0.39 is 0 Å². The zero-order valence-corrected chi connectivity index (χ0v) is 11.0. The molecule has 1 aliphatic carbocycles. The highest BCUT2D eigenvalue weighted by molar-refractivity contribution is 5.31. The molecule has 1 atom stereocenters. The monoisotopic (exact) mass is 235 g/mol. The van der Waals surface area contributed by atoms with Crippen LogP contribution in [0.4, 0.5) is 5.82 Å². The number of aromatic nitrogens is 2. The van der Waals surface area contributed by atoms with E-state index in [1.807, 2.05) is 13.8 Å². The fraction of sp³-hybridized carbons (Fsp3) is 0.692. The molecule has 0 aromatic carbocycles. The van der Waals surface area contributed by atoms with Crippen molar-refractivity contribution in [3.05, 3.63) is 22.7 Å². The van der Waals surface area contributed by atoms with Crippen molar-refractivity contribution in [3.8, 4) is 0 Å². The highest BCUT2D eigenvalue weighted by atomic mass is 16.1. The number of anilines is 1. The molecule has 0 aliphatic heterocycles. The van der Waals surface area contributed by atoms with Gasteiger partial charge in [0.05, 0.1) is 0 Å². The lowest BCUT2D eigenvalue weighted by molar-refractivity contribution is 0.565. The van der Waals surface area contributed by atoms with E-state index in [2.05, 4.69) is 24.1 Å². The molecule has 0 radical (unpaired) electrons. The van der Waals surface area contributed by atoms with Crippen LogP contribution in [0.3, 0.4) is 0 Å². The van der Waals surface area contributed by atoms with Gasteiger partial charge >= 0.3 is 0 Å². The van der Waals surface area contributed by atoms with Crippen LogP contribution in [-0.2, 0) is 0 Å². The number of nitrogens with zero attached hydrogens (tertiary/aromatic N) is 2. The van der Waals surface area contributed by atoms with Crippen molar-refractivity contribution in [2.75, 3.05) is 11.9 Å². The fourth-order valence-electron chi connectivity index (χ4n) is 2.10. The Labute approximate surface area is 102 Å². The SMILES string of the molecule is CC(C)n1ccnc(NCC2CC2(C)C)c1=O. The molecule has 2 rings (SSSR count). The van der Waals surface area contributed by atoms with Crippen molar-refractivity contribution in [1.82, 2.24) is 9.55 Å². The molecule has 1 fully saturated rings. The molecule has 4 heteroatoms. The highest BCUT2D eigenvalue weighted by Crippen LogP contribution is 2.51. The lowest BCUT2D eigenvalue weighted by Crippen LogP contribution is -2.26. The summed E-state index contributed by atoms with van der Waals surface area (Å²) in [6.45, 7) is 9.34. The van der Waals surface area contributed by atoms with Crippen molar-refractivity contribution < 1.29 is 0 Å². The summed E-state index contributed by atoms with van der Waals surface area (Å²) in [4.78, 5) is 16.2. The molecule has 17 heavy (non-hydrogen) atoms. The van der Waals surface area contributed by atoms with Gasteiger partial charge in [-0.15, -0.1) is 0 Å². The Bertz CT molecular complexity index is 462. The van der Waals surface area contributed by atoms with Crippen molar-refractivity contribution in [2.45, 2.75) is 40.2 Å². The van der Waals surface area contributed by atoms with Crippen LogP contribution in [-0.4, -0.2) is 16.1 Å². The molecular formula is C13H21N3O. The van der Waals surface area contributed by atoms with Gasteiger partial charge < -0.3 is 9.88 Å². The molecule has 1 aliphatic rings. The van der Waals surface area contributed by atoms with Crippen LogP contribution in [0.25, 0.3) is 0 Å². The maximum atomic E-state index is 12.0. The minimum absolute atomic E-state index is 0.0269. The summed E-state index contributed by atoms with van der Waals surface area (Å²) >= 11 is 0. The largest absolute Gasteiger partial charge is 0.365 e.